The lowest BCUT2D eigenvalue weighted by Gasteiger charge is -2.20. The van der Waals surface area contributed by atoms with Crippen molar-refractivity contribution >= 4 is 17.8 Å². The smallest absolute Gasteiger partial charge is 0.326 e. The molecule has 0 fully saturated rings. The molecule has 0 bridgehead atoms. The van der Waals surface area contributed by atoms with Gasteiger partial charge >= 0.3 is 5.97 Å². The SMILES string of the molecule is CC(C)[C@H](NC(=O)CNC(=O)C(C)(C)C)C(=O)O. The number of carbonyl (C=O) groups excluding carboxylic acids is 2. The first-order valence-electron chi connectivity index (χ1n) is 5.86. The Morgan fingerprint density at radius 3 is 2.00 bits per heavy atom. The molecule has 0 aromatic rings. The van der Waals surface area contributed by atoms with Gasteiger partial charge in [-0.3, -0.25) is 9.59 Å². The minimum atomic E-state index is -1.08. The Labute approximate surface area is 107 Å². The van der Waals surface area contributed by atoms with E-state index in [9.17, 15) is 14.4 Å². The highest BCUT2D eigenvalue weighted by atomic mass is 16.4. The van der Waals surface area contributed by atoms with Gasteiger partial charge in [-0.05, 0) is 5.92 Å². The van der Waals surface area contributed by atoms with Gasteiger partial charge in [0.2, 0.25) is 11.8 Å². The zero-order valence-electron chi connectivity index (χ0n) is 11.5. The molecular formula is C12H22N2O4. The Morgan fingerprint density at radius 1 is 1.17 bits per heavy atom. The summed E-state index contributed by atoms with van der Waals surface area (Å²) in [7, 11) is 0. The second kappa shape index (κ2) is 6.37. The van der Waals surface area contributed by atoms with Crippen LogP contribution in [0.15, 0.2) is 0 Å². The topological polar surface area (TPSA) is 95.5 Å². The fourth-order valence-electron chi connectivity index (χ4n) is 1.16. The zero-order valence-corrected chi connectivity index (χ0v) is 11.5. The number of carboxylic acids is 1. The highest BCUT2D eigenvalue weighted by molar-refractivity contribution is 5.89. The number of carbonyl (C=O) groups is 3. The molecular weight excluding hydrogens is 236 g/mol. The van der Waals surface area contributed by atoms with Crippen molar-refractivity contribution < 1.29 is 19.5 Å². The van der Waals surface area contributed by atoms with E-state index in [1.165, 1.54) is 0 Å². The minimum absolute atomic E-state index is 0.216. The van der Waals surface area contributed by atoms with Gasteiger partial charge in [-0.1, -0.05) is 34.6 Å². The lowest BCUT2D eigenvalue weighted by atomic mass is 9.96. The summed E-state index contributed by atoms with van der Waals surface area (Å²) in [5, 5.41) is 13.7. The van der Waals surface area contributed by atoms with Gasteiger partial charge in [0.15, 0.2) is 0 Å². The van der Waals surface area contributed by atoms with Crippen LogP contribution in [0.1, 0.15) is 34.6 Å². The summed E-state index contributed by atoms with van der Waals surface area (Å²) < 4.78 is 0. The Hall–Kier alpha value is -1.59. The highest BCUT2D eigenvalue weighted by Gasteiger charge is 2.25. The number of hydrogen-bond acceptors (Lipinski definition) is 3. The van der Waals surface area contributed by atoms with Gasteiger partial charge in [-0.15, -0.1) is 0 Å². The van der Waals surface area contributed by atoms with E-state index in [0.29, 0.717) is 0 Å². The van der Waals surface area contributed by atoms with Crippen molar-refractivity contribution in [3.8, 4) is 0 Å². The molecule has 1 atom stereocenters. The molecule has 0 aliphatic heterocycles. The lowest BCUT2D eigenvalue weighted by Crippen LogP contribution is -2.49. The fourth-order valence-corrected chi connectivity index (χ4v) is 1.16. The van der Waals surface area contributed by atoms with Crippen molar-refractivity contribution in [1.82, 2.24) is 10.6 Å². The van der Waals surface area contributed by atoms with E-state index in [2.05, 4.69) is 10.6 Å². The van der Waals surface area contributed by atoms with E-state index in [1.807, 2.05) is 0 Å². The van der Waals surface area contributed by atoms with Gasteiger partial charge < -0.3 is 15.7 Å². The molecule has 3 N–H and O–H groups in total. The summed E-state index contributed by atoms with van der Waals surface area (Å²) in [5.74, 6) is -2.06. The monoisotopic (exact) mass is 258 g/mol. The normalized spacial score (nSPS) is 13.0. The molecule has 0 spiro atoms. The van der Waals surface area contributed by atoms with E-state index in [1.54, 1.807) is 34.6 Å². The van der Waals surface area contributed by atoms with Gasteiger partial charge in [-0.2, -0.15) is 0 Å². The number of amides is 2. The number of rotatable bonds is 5. The van der Waals surface area contributed by atoms with Gasteiger partial charge in [-0.25, -0.2) is 4.79 Å². The molecule has 0 aromatic heterocycles. The molecule has 0 heterocycles. The average Bonchev–Trinajstić information content (AvgIpc) is 2.19. The Kier molecular flexibility index (Phi) is 5.81. The molecule has 0 saturated carbocycles. The largest absolute Gasteiger partial charge is 0.480 e. The van der Waals surface area contributed by atoms with E-state index in [4.69, 9.17) is 5.11 Å². The van der Waals surface area contributed by atoms with Crippen LogP contribution in [0.2, 0.25) is 0 Å². The molecule has 0 rings (SSSR count). The van der Waals surface area contributed by atoms with E-state index in [0.717, 1.165) is 0 Å². The predicted octanol–water partition coefficient (Wildman–Crippen LogP) is 0.374. The van der Waals surface area contributed by atoms with Crippen molar-refractivity contribution in [3.05, 3.63) is 0 Å². The molecule has 0 aromatic carbocycles. The van der Waals surface area contributed by atoms with Crippen LogP contribution in [0.5, 0.6) is 0 Å². The average molecular weight is 258 g/mol. The van der Waals surface area contributed by atoms with E-state index < -0.39 is 23.3 Å². The van der Waals surface area contributed by atoms with Crippen LogP contribution in [-0.4, -0.2) is 35.5 Å². The Morgan fingerprint density at radius 2 is 1.67 bits per heavy atom. The van der Waals surface area contributed by atoms with Gasteiger partial charge in [0, 0.05) is 5.41 Å². The predicted molar refractivity (Wildman–Crippen MR) is 66.9 cm³/mol. The van der Waals surface area contributed by atoms with Crippen LogP contribution in [-0.2, 0) is 14.4 Å². The maximum atomic E-state index is 11.5. The third-order valence-corrected chi connectivity index (χ3v) is 2.34. The van der Waals surface area contributed by atoms with Crippen LogP contribution in [0.4, 0.5) is 0 Å². The first-order chi connectivity index (χ1) is 8.05. The molecule has 2 amide bonds. The van der Waals surface area contributed by atoms with Gasteiger partial charge in [0.1, 0.15) is 6.04 Å². The molecule has 0 aliphatic carbocycles. The Balaban J connectivity index is 4.28. The van der Waals surface area contributed by atoms with Gasteiger partial charge in [0.25, 0.3) is 0 Å². The molecule has 6 nitrogen and oxygen atoms in total. The van der Waals surface area contributed by atoms with E-state index in [-0.39, 0.29) is 18.4 Å². The minimum Gasteiger partial charge on any atom is -0.480 e. The zero-order chi connectivity index (χ0) is 14.5. The Bertz CT molecular complexity index is 331. The van der Waals surface area contributed by atoms with Crippen LogP contribution in [0.25, 0.3) is 0 Å². The summed E-state index contributed by atoms with van der Waals surface area (Å²) in [5.41, 5.74) is -0.579. The number of carboxylic acid groups (broad SMARTS) is 1. The standard InChI is InChI=1S/C12H22N2O4/c1-7(2)9(10(16)17)14-8(15)6-13-11(18)12(3,4)5/h7,9H,6H2,1-5H3,(H,13,18)(H,14,15)(H,16,17)/t9-/m0/s1. The molecule has 0 saturated heterocycles. The molecule has 18 heavy (non-hydrogen) atoms. The number of aliphatic carboxylic acids is 1. The van der Waals surface area contributed by atoms with Crippen LogP contribution in [0.3, 0.4) is 0 Å². The highest BCUT2D eigenvalue weighted by Crippen LogP contribution is 2.11. The van der Waals surface area contributed by atoms with Gasteiger partial charge in [0.05, 0.1) is 6.54 Å². The second-order valence-electron chi connectivity index (χ2n) is 5.56. The van der Waals surface area contributed by atoms with Crippen molar-refractivity contribution in [2.45, 2.75) is 40.7 Å². The van der Waals surface area contributed by atoms with Crippen LogP contribution in [0, 0.1) is 11.3 Å². The maximum absolute atomic E-state index is 11.5. The van der Waals surface area contributed by atoms with Crippen molar-refractivity contribution in [1.29, 1.82) is 0 Å². The first-order valence-corrected chi connectivity index (χ1v) is 5.86. The summed E-state index contributed by atoms with van der Waals surface area (Å²) in [6.07, 6.45) is 0. The quantitative estimate of drug-likeness (QED) is 0.664. The van der Waals surface area contributed by atoms with Crippen LogP contribution < -0.4 is 10.6 Å². The lowest BCUT2D eigenvalue weighted by molar-refractivity contribution is -0.143. The number of nitrogens with one attached hydrogen (secondary N) is 2. The van der Waals surface area contributed by atoms with Crippen molar-refractivity contribution in [3.63, 3.8) is 0 Å². The molecule has 0 unspecified atom stereocenters. The fraction of sp³-hybridized carbons (Fsp3) is 0.750. The molecule has 104 valence electrons. The molecule has 0 radical (unpaired) electrons. The summed E-state index contributed by atoms with van der Waals surface area (Å²) in [6, 6.07) is -0.941. The third kappa shape index (κ3) is 5.65. The number of hydrogen-bond donors (Lipinski definition) is 3. The molecule has 0 aliphatic rings. The van der Waals surface area contributed by atoms with E-state index >= 15 is 0 Å². The maximum Gasteiger partial charge on any atom is 0.326 e. The second-order valence-corrected chi connectivity index (χ2v) is 5.56. The van der Waals surface area contributed by atoms with Crippen LogP contribution >= 0.6 is 0 Å². The first kappa shape index (κ1) is 16.4. The third-order valence-electron chi connectivity index (χ3n) is 2.34. The van der Waals surface area contributed by atoms with Crippen molar-refractivity contribution in [2.75, 3.05) is 6.54 Å². The van der Waals surface area contributed by atoms with Crippen molar-refractivity contribution in [2.24, 2.45) is 11.3 Å². The summed E-state index contributed by atoms with van der Waals surface area (Å²) >= 11 is 0. The molecule has 6 heteroatoms. The summed E-state index contributed by atoms with van der Waals surface area (Å²) in [6.45, 7) is 8.38. The summed E-state index contributed by atoms with van der Waals surface area (Å²) in [4.78, 5) is 33.9.